The number of aromatic nitrogens is 2. The zero-order valence-corrected chi connectivity index (χ0v) is 11.3. The number of carbonyl (C=O) groups excluding carboxylic acids is 1. The Labute approximate surface area is 116 Å². The molecule has 0 saturated carbocycles. The Morgan fingerprint density at radius 1 is 1.50 bits per heavy atom. The molecule has 0 radical (unpaired) electrons. The van der Waals surface area contributed by atoms with E-state index in [4.69, 9.17) is 4.74 Å². The van der Waals surface area contributed by atoms with E-state index in [-0.39, 0.29) is 17.9 Å². The molecular formula is C14H18N4O2. The van der Waals surface area contributed by atoms with E-state index in [1.54, 1.807) is 6.20 Å². The number of hydrogen-bond acceptors (Lipinski definition) is 4. The third-order valence-electron chi connectivity index (χ3n) is 3.63. The molecule has 0 aliphatic carbocycles. The summed E-state index contributed by atoms with van der Waals surface area (Å²) in [5.74, 6) is -0.167. The fourth-order valence-corrected chi connectivity index (χ4v) is 2.58. The molecule has 1 aromatic carbocycles. The lowest BCUT2D eigenvalue weighted by atomic mass is 10.0. The molecule has 1 fully saturated rings. The summed E-state index contributed by atoms with van der Waals surface area (Å²) in [6, 6.07) is 5.79. The Balaban J connectivity index is 1.77. The Bertz CT molecular complexity index is 610. The number of ether oxygens (including phenoxy) is 1. The molecule has 6 nitrogen and oxygen atoms in total. The lowest BCUT2D eigenvalue weighted by Gasteiger charge is -2.18. The first kappa shape index (κ1) is 13.1. The van der Waals surface area contributed by atoms with Crippen LogP contribution in [0.25, 0.3) is 10.9 Å². The van der Waals surface area contributed by atoms with E-state index >= 15 is 0 Å². The number of amides is 1. The summed E-state index contributed by atoms with van der Waals surface area (Å²) in [6.07, 6.45) is 1.72. The van der Waals surface area contributed by atoms with Gasteiger partial charge in [0.25, 0.3) is 0 Å². The van der Waals surface area contributed by atoms with Crippen LogP contribution in [0.4, 0.5) is 5.69 Å². The van der Waals surface area contributed by atoms with Gasteiger partial charge in [0.2, 0.25) is 5.91 Å². The zero-order valence-electron chi connectivity index (χ0n) is 11.3. The predicted octanol–water partition coefficient (Wildman–Crippen LogP) is 1.13. The molecule has 0 spiro atoms. The molecule has 1 aliphatic heterocycles. The maximum Gasteiger partial charge on any atom is 0.231 e. The molecule has 2 unspecified atom stereocenters. The average Bonchev–Trinajstić information content (AvgIpc) is 3.07. The van der Waals surface area contributed by atoms with E-state index in [2.05, 4.69) is 20.8 Å². The first-order chi connectivity index (χ1) is 9.79. The summed E-state index contributed by atoms with van der Waals surface area (Å²) < 4.78 is 5.41. The van der Waals surface area contributed by atoms with Crippen molar-refractivity contribution in [2.24, 2.45) is 5.92 Å². The summed E-state index contributed by atoms with van der Waals surface area (Å²) >= 11 is 0. The van der Waals surface area contributed by atoms with Gasteiger partial charge in [-0.2, -0.15) is 5.10 Å². The number of nitrogens with zero attached hydrogens (tertiary/aromatic N) is 1. The molecule has 0 bridgehead atoms. The summed E-state index contributed by atoms with van der Waals surface area (Å²) in [4.78, 5) is 12.4. The zero-order chi connectivity index (χ0) is 13.9. The van der Waals surface area contributed by atoms with Gasteiger partial charge >= 0.3 is 0 Å². The molecule has 1 amide bonds. The molecule has 2 heterocycles. The second-order valence-corrected chi connectivity index (χ2v) is 4.93. The molecule has 1 saturated heterocycles. The normalized spacial score (nSPS) is 22.2. The number of likely N-dealkylation sites (N-methyl/N-ethyl adjacent to an activating group) is 1. The Hall–Kier alpha value is -1.92. The van der Waals surface area contributed by atoms with Crippen LogP contribution in [0.3, 0.4) is 0 Å². The number of nitrogens with one attached hydrogen (secondary N) is 3. The van der Waals surface area contributed by atoms with Gasteiger partial charge in [-0.05, 0) is 18.7 Å². The van der Waals surface area contributed by atoms with E-state index in [1.165, 1.54) is 0 Å². The highest BCUT2D eigenvalue weighted by Gasteiger charge is 2.33. The molecule has 2 aromatic rings. The molecule has 3 N–H and O–H groups in total. The van der Waals surface area contributed by atoms with Crippen LogP contribution >= 0.6 is 0 Å². The van der Waals surface area contributed by atoms with Crippen LogP contribution in [-0.2, 0) is 9.53 Å². The molecule has 20 heavy (non-hydrogen) atoms. The second kappa shape index (κ2) is 5.60. The largest absolute Gasteiger partial charge is 0.379 e. The van der Waals surface area contributed by atoms with Gasteiger partial charge in [-0.3, -0.25) is 9.89 Å². The summed E-state index contributed by atoms with van der Waals surface area (Å²) in [6.45, 7) is 3.90. The van der Waals surface area contributed by atoms with Gasteiger partial charge in [0, 0.05) is 11.4 Å². The van der Waals surface area contributed by atoms with Crippen LogP contribution in [0.5, 0.6) is 0 Å². The molecule has 3 rings (SSSR count). The third kappa shape index (κ3) is 2.39. The Kier molecular flexibility index (Phi) is 3.66. The van der Waals surface area contributed by atoms with Crippen LogP contribution in [0.1, 0.15) is 6.92 Å². The fourth-order valence-electron chi connectivity index (χ4n) is 2.58. The van der Waals surface area contributed by atoms with E-state index in [0.717, 1.165) is 23.1 Å². The van der Waals surface area contributed by atoms with Crippen molar-refractivity contribution in [3.63, 3.8) is 0 Å². The molecule has 6 heteroatoms. The number of aromatic amines is 1. The summed E-state index contributed by atoms with van der Waals surface area (Å²) in [5, 5.41) is 14.1. The van der Waals surface area contributed by atoms with Crippen molar-refractivity contribution in [1.29, 1.82) is 0 Å². The van der Waals surface area contributed by atoms with Crippen LogP contribution in [0.2, 0.25) is 0 Å². The van der Waals surface area contributed by atoms with Crippen molar-refractivity contribution in [3.05, 3.63) is 24.4 Å². The van der Waals surface area contributed by atoms with E-state index in [9.17, 15) is 4.79 Å². The SMILES string of the molecule is CCNC1COCC1C(=O)Nc1cccc2[nH]ncc12. The number of fused-ring (bicyclic) bond motifs is 1. The van der Waals surface area contributed by atoms with Crippen molar-refractivity contribution in [2.45, 2.75) is 13.0 Å². The van der Waals surface area contributed by atoms with Crippen LogP contribution in [-0.4, -0.2) is 41.9 Å². The fraction of sp³-hybridized carbons (Fsp3) is 0.429. The minimum absolute atomic E-state index is 0.0119. The van der Waals surface area contributed by atoms with Gasteiger partial charge in [0.15, 0.2) is 0 Å². The van der Waals surface area contributed by atoms with Crippen molar-refractivity contribution in [3.8, 4) is 0 Å². The maximum absolute atomic E-state index is 12.4. The minimum Gasteiger partial charge on any atom is -0.379 e. The topological polar surface area (TPSA) is 79.0 Å². The molecule has 1 aromatic heterocycles. The number of rotatable bonds is 4. The van der Waals surface area contributed by atoms with Crippen molar-refractivity contribution in [1.82, 2.24) is 15.5 Å². The highest BCUT2D eigenvalue weighted by atomic mass is 16.5. The highest BCUT2D eigenvalue weighted by molar-refractivity contribution is 6.01. The quantitative estimate of drug-likeness (QED) is 0.781. The number of hydrogen-bond donors (Lipinski definition) is 3. The Morgan fingerprint density at radius 2 is 2.40 bits per heavy atom. The first-order valence-corrected chi connectivity index (χ1v) is 6.83. The molecular weight excluding hydrogens is 256 g/mol. The van der Waals surface area contributed by atoms with Gasteiger partial charge in [0.05, 0.1) is 36.5 Å². The van der Waals surface area contributed by atoms with Crippen molar-refractivity contribution < 1.29 is 9.53 Å². The second-order valence-electron chi connectivity index (χ2n) is 4.93. The number of carbonyl (C=O) groups is 1. The van der Waals surface area contributed by atoms with Crippen LogP contribution in [0.15, 0.2) is 24.4 Å². The van der Waals surface area contributed by atoms with Gasteiger partial charge in [-0.15, -0.1) is 0 Å². The minimum atomic E-state index is -0.155. The maximum atomic E-state index is 12.4. The summed E-state index contributed by atoms with van der Waals surface area (Å²) in [7, 11) is 0. The van der Waals surface area contributed by atoms with E-state index < -0.39 is 0 Å². The standard InChI is InChI=1S/C14H18N4O2/c1-2-15-13-8-20-7-10(13)14(19)17-11-4-3-5-12-9(11)6-16-18-12/h3-6,10,13,15H,2,7-8H2,1H3,(H,16,18)(H,17,19). The molecule has 2 atom stereocenters. The Morgan fingerprint density at radius 3 is 3.25 bits per heavy atom. The average molecular weight is 274 g/mol. The van der Waals surface area contributed by atoms with Crippen LogP contribution in [0, 0.1) is 5.92 Å². The predicted molar refractivity (Wildman–Crippen MR) is 76.5 cm³/mol. The lowest BCUT2D eigenvalue weighted by molar-refractivity contribution is -0.120. The van der Waals surface area contributed by atoms with E-state index in [1.807, 2.05) is 25.1 Å². The lowest BCUT2D eigenvalue weighted by Crippen LogP contribution is -2.41. The molecule has 1 aliphatic rings. The monoisotopic (exact) mass is 274 g/mol. The van der Waals surface area contributed by atoms with Gasteiger partial charge in [-0.25, -0.2) is 0 Å². The number of H-pyrrole nitrogens is 1. The number of anilines is 1. The first-order valence-electron chi connectivity index (χ1n) is 6.83. The third-order valence-corrected chi connectivity index (χ3v) is 3.63. The van der Waals surface area contributed by atoms with Gasteiger partial charge in [0.1, 0.15) is 0 Å². The molecule has 106 valence electrons. The van der Waals surface area contributed by atoms with Crippen molar-refractivity contribution >= 4 is 22.5 Å². The summed E-state index contributed by atoms with van der Waals surface area (Å²) in [5.41, 5.74) is 1.69. The smallest absolute Gasteiger partial charge is 0.231 e. The van der Waals surface area contributed by atoms with Gasteiger partial charge in [-0.1, -0.05) is 13.0 Å². The number of benzene rings is 1. The van der Waals surface area contributed by atoms with Crippen molar-refractivity contribution in [2.75, 3.05) is 25.1 Å². The van der Waals surface area contributed by atoms with Crippen LogP contribution < -0.4 is 10.6 Å². The van der Waals surface area contributed by atoms with Gasteiger partial charge < -0.3 is 15.4 Å². The van der Waals surface area contributed by atoms with E-state index in [0.29, 0.717) is 13.2 Å². The highest BCUT2D eigenvalue weighted by Crippen LogP contribution is 2.23.